The highest BCUT2D eigenvalue weighted by Crippen LogP contribution is 2.18. The molecule has 0 saturated carbocycles. The molecule has 0 unspecified atom stereocenters. The van der Waals surface area contributed by atoms with E-state index in [1.54, 1.807) is 0 Å². The molecule has 1 aromatic carbocycles. The Morgan fingerprint density at radius 2 is 1.95 bits per heavy atom. The quantitative estimate of drug-likeness (QED) is 0.626. The van der Waals surface area contributed by atoms with E-state index in [0.717, 1.165) is 21.8 Å². The zero-order valence-electron chi connectivity index (χ0n) is 10.1. The maximum absolute atomic E-state index is 12.2. The summed E-state index contributed by atoms with van der Waals surface area (Å²) in [5, 5.41) is 14.3. The van der Waals surface area contributed by atoms with Crippen molar-refractivity contribution in [3.8, 4) is 0 Å². The Morgan fingerprint density at radius 1 is 1.32 bits per heavy atom. The van der Waals surface area contributed by atoms with E-state index < -0.39 is 14.9 Å². The Morgan fingerprint density at radius 3 is 2.42 bits per heavy atom. The monoisotopic (exact) mass is 281 g/mol. The minimum Gasteiger partial charge on any atom is -0.258 e. The van der Waals surface area contributed by atoms with Gasteiger partial charge in [0.1, 0.15) is 0 Å². The zero-order chi connectivity index (χ0) is 14.0. The van der Waals surface area contributed by atoms with Gasteiger partial charge in [-0.15, -0.1) is 0 Å². The number of benzene rings is 1. The molecule has 2 aromatic rings. The number of non-ortho nitro benzene ring substituents is 1. The first kappa shape index (κ1) is 13.2. The summed E-state index contributed by atoms with van der Waals surface area (Å²) in [7, 11) is -3.79. The molecule has 0 N–H and O–H groups in total. The summed E-state index contributed by atoms with van der Waals surface area (Å²) in [6.45, 7) is 1.89. The molecule has 19 heavy (non-hydrogen) atoms. The lowest BCUT2D eigenvalue weighted by atomic mass is 10.3. The number of nitro groups is 1. The minimum atomic E-state index is -3.79. The van der Waals surface area contributed by atoms with Gasteiger partial charge in [0.25, 0.3) is 15.7 Å². The Labute approximate surface area is 109 Å². The average Bonchev–Trinajstić information content (AvgIpc) is 2.88. The summed E-state index contributed by atoms with van der Waals surface area (Å²) >= 11 is 0. The molecule has 0 aliphatic heterocycles. The second-order valence-corrected chi connectivity index (χ2v) is 5.63. The SMILES string of the molecule is CCc1cnn(S(=O)(=O)c2ccc([N+](=O)[O-])cc2)c1. The molecule has 0 amide bonds. The molecule has 0 saturated heterocycles. The van der Waals surface area contributed by atoms with Crippen LogP contribution in [0, 0.1) is 10.1 Å². The number of hydrogen-bond donors (Lipinski definition) is 0. The summed E-state index contributed by atoms with van der Waals surface area (Å²) in [4.78, 5) is 9.89. The minimum absolute atomic E-state index is 0.0381. The van der Waals surface area contributed by atoms with E-state index in [0.29, 0.717) is 6.42 Å². The van der Waals surface area contributed by atoms with Gasteiger partial charge < -0.3 is 0 Å². The van der Waals surface area contributed by atoms with Crippen LogP contribution in [0.3, 0.4) is 0 Å². The number of rotatable bonds is 4. The Hall–Kier alpha value is -2.22. The summed E-state index contributed by atoms with van der Waals surface area (Å²) in [5.41, 5.74) is 0.638. The van der Waals surface area contributed by atoms with Gasteiger partial charge >= 0.3 is 0 Å². The number of nitrogens with zero attached hydrogens (tertiary/aromatic N) is 3. The molecule has 0 atom stereocenters. The van der Waals surface area contributed by atoms with Gasteiger partial charge in [-0.1, -0.05) is 6.92 Å². The highest BCUT2D eigenvalue weighted by atomic mass is 32.2. The smallest absolute Gasteiger partial charge is 0.258 e. The third-order valence-electron chi connectivity index (χ3n) is 2.61. The van der Waals surface area contributed by atoms with Crippen LogP contribution in [0.2, 0.25) is 0 Å². The van der Waals surface area contributed by atoms with Crippen molar-refractivity contribution in [3.63, 3.8) is 0 Å². The molecule has 1 heterocycles. The zero-order valence-corrected chi connectivity index (χ0v) is 10.9. The van der Waals surface area contributed by atoms with Crippen molar-refractivity contribution in [2.24, 2.45) is 0 Å². The van der Waals surface area contributed by atoms with Gasteiger partial charge in [-0.2, -0.15) is 17.6 Å². The van der Waals surface area contributed by atoms with Gasteiger partial charge in [0.15, 0.2) is 0 Å². The maximum Gasteiger partial charge on any atom is 0.282 e. The predicted octanol–water partition coefficient (Wildman–Crippen LogP) is 1.59. The van der Waals surface area contributed by atoms with Crippen LogP contribution in [-0.2, 0) is 16.4 Å². The van der Waals surface area contributed by atoms with Crippen LogP contribution in [0.1, 0.15) is 12.5 Å². The predicted molar refractivity (Wildman–Crippen MR) is 67.3 cm³/mol. The van der Waals surface area contributed by atoms with Gasteiger partial charge in [0, 0.05) is 18.3 Å². The summed E-state index contributed by atoms with van der Waals surface area (Å²) in [5.74, 6) is 0. The Balaban J connectivity index is 2.41. The van der Waals surface area contributed by atoms with Crippen molar-refractivity contribution in [3.05, 3.63) is 52.3 Å². The first-order valence-electron chi connectivity index (χ1n) is 5.48. The van der Waals surface area contributed by atoms with E-state index in [1.165, 1.54) is 24.5 Å². The molecule has 0 aliphatic carbocycles. The fourth-order valence-electron chi connectivity index (χ4n) is 1.50. The van der Waals surface area contributed by atoms with E-state index >= 15 is 0 Å². The summed E-state index contributed by atoms with van der Waals surface area (Å²) in [6.07, 6.45) is 3.58. The third kappa shape index (κ3) is 2.48. The van der Waals surface area contributed by atoms with Gasteiger partial charge in [-0.25, -0.2) is 0 Å². The lowest BCUT2D eigenvalue weighted by molar-refractivity contribution is -0.384. The van der Waals surface area contributed by atoms with Crippen molar-refractivity contribution in [2.75, 3.05) is 0 Å². The molecule has 0 spiro atoms. The van der Waals surface area contributed by atoms with Crippen molar-refractivity contribution < 1.29 is 13.3 Å². The fourth-order valence-corrected chi connectivity index (χ4v) is 2.64. The number of aromatic nitrogens is 2. The largest absolute Gasteiger partial charge is 0.282 e. The summed E-state index contributed by atoms with van der Waals surface area (Å²) in [6, 6.07) is 4.69. The lowest BCUT2D eigenvalue weighted by Crippen LogP contribution is -2.13. The molecule has 0 aliphatic rings. The first-order chi connectivity index (χ1) is 8.95. The van der Waals surface area contributed by atoms with E-state index in [4.69, 9.17) is 0 Å². The molecule has 2 rings (SSSR count). The number of hydrogen-bond acceptors (Lipinski definition) is 5. The lowest BCUT2D eigenvalue weighted by Gasteiger charge is -2.03. The highest BCUT2D eigenvalue weighted by molar-refractivity contribution is 7.89. The van der Waals surface area contributed by atoms with Gasteiger partial charge in [-0.05, 0) is 24.1 Å². The van der Waals surface area contributed by atoms with Crippen LogP contribution in [0.25, 0.3) is 0 Å². The standard InChI is InChI=1S/C11H11N3O4S/c1-2-9-7-12-13(8-9)19(17,18)11-5-3-10(4-6-11)14(15)16/h3-8H,2H2,1H3. The van der Waals surface area contributed by atoms with Gasteiger partial charge in [0.05, 0.1) is 16.0 Å². The van der Waals surface area contributed by atoms with Crippen molar-refractivity contribution in [2.45, 2.75) is 18.2 Å². The molecule has 0 bridgehead atoms. The van der Waals surface area contributed by atoms with E-state index in [9.17, 15) is 18.5 Å². The Kier molecular flexibility index (Phi) is 3.34. The molecule has 0 fully saturated rings. The molecule has 8 heteroatoms. The Bertz CT molecular complexity index is 704. The van der Waals surface area contributed by atoms with Crippen LogP contribution in [0.15, 0.2) is 41.6 Å². The van der Waals surface area contributed by atoms with Gasteiger partial charge in [0.2, 0.25) is 0 Å². The van der Waals surface area contributed by atoms with E-state index in [2.05, 4.69) is 5.10 Å². The molecule has 7 nitrogen and oxygen atoms in total. The fraction of sp³-hybridized carbons (Fsp3) is 0.182. The maximum atomic E-state index is 12.2. The third-order valence-corrected chi connectivity index (χ3v) is 4.17. The van der Waals surface area contributed by atoms with Crippen LogP contribution in [0.4, 0.5) is 5.69 Å². The van der Waals surface area contributed by atoms with Crippen LogP contribution < -0.4 is 0 Å². The van der Waals surface area contributed by atoms with Crippen LogP contribution >= 0.6 is 0 Å². The van der Waals surface area contributed by atoms with Crippen molar-refractivity contribution in [1.82, 2.24) is 9.19 Å². The molecular formula is C11H11N3O4S. The first-order valence-corrected chi connectivity index (χ1v) is 6.92. The average molecular weight is 281 g/mol. The number of nitro benzene ring substituents is 1. The molecule has 0 radical (unpaired) electrons. The van der Waals surface area contributed by atoms with Gasteiger partial charge in [-0.3, -0.25) is 10.1 Å². The number of aryl methyl sites for hydroxylation is 1. The normalized spacial score (nSPS) is 11.4. The molecule has 100 valence electrons. The van der Waals surface area contributed by atoms with Crippen LogP contribution in [-0.4, -0.2) is 22.5 Å². The topological polar surface area (TPSA) is 95.1 Å². The summed E-state index contributed by atoms with van der Waals surface area (Å²) < 4.78 is 25.2. The second kappa shape index (κ2) is 4.81. The van der Waals surface area contributed by atoms with Crippen molar-refractivity contribution in [1.29, 1.82) is 0 Å². The van der Waals surface area contributed by atoms with E-state index in [1.807, 2.05) is 6.92 Å². The molecule has 1 aromatic heterocycles. The van der Waals surface area contributed by atoms with Crippen molar-refractivity contribution >= 4 is 15.7 Å². The highest BCUT2D eigenvalue weighted by Gasteiger charge is 2.19. The van der Waals surface area contributed by atoms with Crippen LogP contribution in [0.5, 0.6) is 0 Å². The molecular weight excluding hydrogens is 270 g/mol. The van der Waals surface area contributed by atoms with E-state index in [-0.39, 0.29) is 10.6 Å². The second-order valence-electron chi connectivity index (χ2n) is 3.83.